The maximum Gasteiger partial charge on any atom is 0.391 e. The molecule has 1 aliphatic carbocycles. The predicted molar refractivity (Wildman–Crippen MR) is 109 cm³/mol. The number of carbonyl (C=O) groups is 1. The summed E-state index contributed by atoms with van der Waals surface area (Å²) >= 11 is 0. The third-order valence-electron chi connectivity index (χ3n) is 7.06. The highest BCUT2D eigenvalue weighted by Crippen LogP contribution is 2.36. The maximum atomic E-state index is 12.9. The second-order valence-electron chi connectivity index (χ2n) is 9.10. The van der Waals surface area contributed by atoms with E-state index in [-0.39, 0.29) is 24.7 Å². The summed E-state index contributed by atoms with van der Waals surface area (Å²) in [6.07, 6.45) is 1.34. The second-order valence-corrected chi connectivity index (χ2v) is 9.10. The molecule has 7 heteroatoms. The van der Waals surface area contributed by atoms with E-state index in [9.17, 15) is 23.1 Å². The first kappa shape index (κ1) is 21.6. The fourth-order valence-electron chi connectivity index (χ4n) is 5.24. The number of aliphatic hydroxyl groups is 1. The number of nitrogens with zero attached hydrogens (tertiary/aromatic N) is 2. The Labute approximate surface area is 176 Å². The molecule has 1 aromatic carbocycles. The molecule has 1 saturated heterocycles. The molecule has 30 heavy (non-hydrogen) atoms. The van der Waals surface area contributed by atoms with Crippen LogP contribution in [-0.2, 0) is 11.2 Å². The van der Waals surface area contributed by atoms with Crippen LogP contribution < -0.4 is 4.90 Å². The summed E-state index contributed by atoms with van der Waals surface area (Å²) in [4.78, 5) is 16.8. The maximum absolute atomic E-state index is 12.9. The number of benzene rings is 1. The topological polar surface area (TPSA) is 43.8 Å². The SMILES string of the molecule is O=C(C1CCCC1)N1CCCc2cc([C@@H](O)CN3CCC(C(F)(F)F)CC3)ccc21. The molecule has 1 aromatic rings. The van der Waals surface area contributed by atoms with Gasteiger partial charge in [0.25, 0.3) is 0 Å². The molecule has 3 aliphatic rings. The van der Waals surface area contributed by atoms with Crippen molar-refractivity contribution >= 4 is 11.6 Å². The Morgan fingerprint density at radius 1 is 1.07 bits per heavy atom. The summed E-state index contributed by atoms with van der Waals surface area (Å²) in [5.41, 5.74) is 2.82. The summed E-state index contributed by atoms with van der Waals surface area (Å²) < 4.78 is 38.5. The van der Waals surface area contributed by atoms with Gasteiger partial charge in [-0.3, -0.25) is 4.79 Å². The molecular formula is C23H31F3N2O2. The number of β-amino-alcohol motifs (C(OH)–C–C–N with tert-alkyl or cyclic N) is 1. The molecule has 2 aliphatic heterocycles. The van der Waals surface area contributed by atoms with E-state index in [0.29, 0.717) is 19.6 Å². The Balaban J connectivity index is 1.39. The summed E-state index contributed by atoms with van der Waals surface area (Å²) in [5, 5.41) is 10.7. The molecule has 166 valence electrons. The fraction of sp³-hybridized carbons (Fsp3) is 0.696. The molecular weight excluding hydrogens is 393 g/mol. The molecule has 2 fully saturated rings. The normalized spacial score (nSPS) is 22.9. The Bertz CT molecular complexity index is 753. The van der Waals surface area contributed by atoms with E-state index >= 15 is 0 Å². The first-order valence-corrected chi connectivity index (χ1v) is 11.2. The lowest BCUT2D eigenvalue weighted by molar-refractivity contribution is -0.185. The van der Waals surface area contributed by atoms with E-state index < -0.39 is 18.2 Å². The highest BCUT2D eigenvalue weighted by Gasteiger charge is 2.41. The summed E-state index contributed by atoms with van der Waals surface area (Å²) in [6, 6.07) is 5.79. The quantitative estimate of drug-likeness (QED) is 0.776. The number of fused-ring (bicyclic) bond motifs is 1. The first-order chi connectivity index (χ1) is 14.3. The third kappa shape index (κ3) is 4.67. The van der Waals surface area contributed by atoms with Gasteiger partial charge in [0.2, 0.25) is 5.91 Å². The number of hydrogen-bond acceptors (Lipinski definition) is 3. The van der Waals surface area contributed by atoms with E-state index in [1.54, 1.807) is 0 Å². The Morgan fingerprint density at radius 3 is 2.43 bits per heavy atom. The molecule has 1 amide bonds. The van der Waals surface area contributed by atoms with Gasteiger partial charge in [-0.2, -0.15) is 13.2 Å². The van der Waals surface area contributed by atoms with E-state index in [2.05, 4.69) is 0 Å². The number of alkyl halides is 3. The Hall–Kier alpha value is -1.60. The van der Waals surface area contributed by atoms with Crippen LogP contribution >= 0.6 is 0 Å². The van der Waals surface area contributed by atoms with Crippen molar-refractivity contribution in [2.24, 2.45) is 11.8 Å². The van der Waals surface area contributed by atoms with Gasteiger partial charge in [0.05, 0.1) is 12.0 Å². The number of rotatable bonds is 4. The second kappa shape index (κ2) is 8.87. The standard InChI is InChI=1S/C23H31F3N2O2/c24-23(25,26)19-9-12-27(13-10-19)15-21(29)18-7-8-20-17(14-18)6-3-11-28(20)22(30)16-4-1-2-5-16/h7-8,14,16,19,21,29H,1-6,9-13,15H2/t21-/m0/s1. The lowest BCUT2D eigenvalue weighted by atomic mass is 9.94. The van der Waals surface area contributed by atoms with E-state index in [4.69, 9.17) is 0 Å². The highest BCUT2D eigenvalue weighted by atomic mass is 19.4. The van der Waals surface area contributed by atoms with Gasteiger partial charge in [-0.1, -0.05) is 25.0 Å². The Morgan fingerprint density at radius 2 is 1.77 bits per heavy atom. The van der Waals surface area contributed by atoms with E-state index in [1.165, 1.54) is 0 Å². The van der Waals surface area contributed by atoms with Gasteiger partial charge in [0, 0.05) is 24.7 Å². The van der Waals surface area contributed by atoms with Gasteiger partial charge in [-0.25, -0.2) is 0 Å². The van der Waals surface area contributed by atoms with Gasteiger partial charge < -0.3 is 14.9 Å². The van der Waals surface area contributed by atoms with Crippen LogP contribution in [0.2, 0.25) is 0 Å². The van der Waals surface area contributed by atoms with Crippen molar-refractivity contribution in [3.05, 3.63) is 29.3 Å². The van der Waals surface area contributed by atoms with Crippen molar-refractivity contribution in [1.82, 2.24) is 4.90 Å². The molecule has 0 aromatic heterocycles. The van der Waals surface area contributed by atoms with Crippen molar-refractivity contribution in [2.45, 2.75) is 63.6 Å². The number of aliphatic hydroxyl groups excluding tert-OH is 1. The molecule has 1 N–H and O–H groups in total. The minimum atomic E-state index is -4.12. The molecule has 0 bridgehead atoms. The lowest BCUT2D eigenvalue weighted by Crippen LogP contribution is -2.40. The van der Waals surface area contributed by atoms with E-state index in [1.807, 2.05) is 28.0 Å². The molecule has 0 spiro atoms. The number of piperidine rings is 1. The van der Waals surface area contributed by atoms with Gasteiger partial charge >= 0.3 is 6.18 Å². The molecule has 4 rings (SSSR count). The number of anilines is 1. The molecule has 1 saturated carbocycles. The number of carbonyl (C=O) groups excluding carboxylic acids is 1. The first-order valence-electron chi connectivity index (χ1n) is 11.2. The van der Waals surface area contributed by atoms with Crippen LogP contribution in [0.5, 0.6) is 0 Å². The fourth-order valence-corrected chi connectivity index (χ4v) is 5.24. The molecule has 0 radical (unpaired) electrons. The number of amides is 1. The van der Waals surface area contributed by atoms with Gasteiger partial charge in [0.1, 0.15) is 0 Å². The van der Waals surface area contributed by atoms with Crippen LogP contribution in [0.15, 0.2) is 18.2 Å². The Kier molecular flexibility index (Phi) is 6.39. The van der Waals surface area contributed by atoms with Crippen LogP contribution in [0.1, 0.15) is 62.2 Å². The number of hydrogen-bond donors (Lipinski definition) is 1. The van der Waals surface area contributed by atoms with Gasteiger partial charge in [0.15, 0.2) is 0 Å². The van der Waals surface area contributed by atoms with Crippen molar-refractivity contribution in [3.8, 4) is 0 Å². The van der Waals surface area contributed by atoms with Crippen LogP contribution in [-0.4, -0.2) is 48.3 Å². The molecule has 2 heterocycles. The zero-order valence-corrected chi connectivity index (χ0v) is 17.3. The summed E-state index contributed by atoms with van der Waals surface area (Å²) in [5.74, 6) is -0.854. The van der Waals surface area contributed by atoms with Crippen LogP contribution in [0.3, 0.4) is 0 Å². The van der Waals surface area contributed by atoms with Crippen LogP contribution in [0.4, 0.5) is 18.9 Å². The van der Waals surface area contributed by atoms with Crippen molar-refractivity contribution in [3.63, 3.8) is 0 Å². The third-order valence-corrected chi connectivity index (χ3v) is 7.06. The summed E-state index contributed by atoms with van der Waals surface area (Å²) in [6.45, 7) is 1.80. The van der Waals surface area contributed by atoms with Crippen LogP contribution in [0, 0.1) is 11.8 Å². The van der Waals surface area contributed by atoms with E-state index in [0.717, 1.165) is 61.9 Å². The number of likely N-dealkylation sites (tertiary alicyclic amines) is 1. The lowest BCUT2D eigenvalue weighted by Gasteiger charge is -2.34. The predicted octanol–water partition coefficient (Wildman–Crippen LogP) is 4.46. The molecule has 4 nitrogen and oxygen atoms in total. The monoisotopic (exact) mass is 424 g/mol. The largest absolute Gasteiger partial charge is 0.391 e. The van der Waals surface area contributed by atoms with Gasteiger partial charge in [-0.15, -0.1) is 0 Å². The number of aryl methyl sites for hydroxylation is 1. The molecule has 1 atom stereocenters. The van der Waals surface area contributed by atoms with Gasteiger partial charge in [-0.05, 0) is 68.8 Å². The van der Waals surface area contributed by atoms with Crippen LogP contribution in [0.25, 0.3) is 0 Å². The minimum Gasteiger partial charge on any atom is -0.387 e. The molecule has 0 unspecified atom stereocenters. The van der Waals surface area contributed by atoms with Crippen molar-refractivity contribution < 1.29 is 23.1 Å². The zero-order chi connectivity index (χ0) is 21.3. The van der Waals surface area contributed by atoms with Crippen molar-refractivity contribution in [1.29, 1.82) is 0 Å². The smallest absolute Gasteiger partial charge is 0.387 e. The minimum absolute atomic E-state index is 0.0959. The van der Waals surface area contributed by atoms with Crippen molar-refractivity contribution in [2.75, 3.05) is 31.1 Å². The highest BCUT2D eigenvalue weighted by molar-refractivity contribution is 5.96. The summed E-state index contributed by atoms with van der Waals surface area (Å²) in [7, 11) is 0. The average Bonchev–Trinajstić information content (AvgIpc) is 3.27. The number of halogens is 3. The zero-order valence-electron chi connectivity index (χ0n) is 17.3. The average molecular weight is 425 g/mol.